The Kier molecular flexibility index (Phi) is 4.11. The fraction of sp³-hybridized carbons (Fsp3) is 0.100. The molecule has 0 unspecified atom stereocenters. The van der Waals surface area contributed by atoms with E-state index in [1.165, 1.54) is 11.3 Å². The Labute approximate surface area is 155 Å². The van der Waals surface area contributed by atoms with Crippen LogP contribution in [0.15, 0.2) is 59.6 Å². The average molecular weight is 364 g/mol. The first-order valence-electron chi connectivity index (χ1n) is 7.99. The van der Waals surface area contributed by atoms with Crippen molar-refractivity contribution in [3.8, 4) is 5.88 Å². The van der Waals surface area contributed by atoms with Crippen LogP contribution in [0.2, 0.25) is 0 Å². The fourth-order valence-corrected chi connectivity index (χ4v) is 4.43. The Balaban J connectivity index is 1.76. The van der Waals surface area contributed by atoms with Crippen molar-refractivity contribution in [1.29, 1.82) is 0 Å². The summed E-state index contributed by atoms with van der Waals surface area (Å²) in [5, 5.41) is 10.8. The first-order chi connectivity index (χ1) is 12.1. The third-order valence-corrected chi connectivity index (χ3v) is 5.69. The first kappa shape index (κ1) is 16.0. The van der Waals surface area contributed by atoms with E-state index >= 15 is 0 Å². The number of aromatic hydroxyl groups is 1. The molecule has 2 aromatic carbocycles. The standard InChI is InChI=1S/C20H16N2OS2/c1-13(14-7-3-2-4-8-14)22-19(23)18(25-20(22)24)11-15-12-21-17-10-6-5-9-16(15)17/h2-13,23H,1H3/b15-11+/t13-/m1/s1. The van der Waals surface area contributed by atoms with Gasteiger partial charge in [-0.1, -0.05) is 48.5 Å². The Morgan fingerprint density at radius 2 is 1.84 bits per heavy atom. The molecule has 1 aliphatic heterocycles. The summed E-state index contributed by atoms with van der Waals surface area (Å²) in [5.41, 5.74) is 4.12. The van der Waals surface area contributed by atoms with Gasteiger partial charge >= 0.3 is 0 Å². The number of hydrogen-bond acceptors (Lipinski definition) is 4. The van der Waals surface area contributed by atoms with Crippen LogP contribution in [0.3, 0.4) is 0 Å². The zero-order chi connectivity index (χ0) is 17.4. The smallest absolute Gasteiger partial charge is 0.211 e. The lowest BCUT2D eigenvalue weighted by atomic mass is 10.1. The van der Waals surface area contributed by atoms with Gasteiger partial charge in [-0.3, -0.25) is 9.56 Å². The number of aromatic nitrogens is 1. The Morgan fingerprint density at radius 1 is 1.12 bits per heavy atom. The van der Waals surface area contributed by atoms with E-state index in [2.05, 4.69) is 4.99 Å². The van der Waals surface area contributed by atoms with Crippen LogP contribution in [0.5, 0.6) is 5.88 Å². The number of rotatable bonds is 3. The number of allylic oxidation sites excluding steroid dienone is 1. The van der Waals surface area contributed by atoms with Gasteiger partial charge in [-0.25, -0.2) is 0 Å². The summed E-state index contributed by atoms with van der Waals surface area (Å²) in [7, 11) is 0. The van der Waals surface area contributed by atoms with E-state index in [4.69, 9.17) is 12.2 Å². The van der Waals surface area contributed by atoms with Crippen molar-refractivity contribution in [3.05, 3.63) is 74.6 Å². The second-order valence-electron chi connectivity index (χ2n) is 5.89. The van der Waals surface area contributed by atoms with Crippen molar-refractivity contribution in [2.75, 3.05) is 0 Å². The number of fused-ring (bicyclic) bond motifs is 1. The molecule has 2 heterocycles. The van der Waals surface area contributed by atoms with Crippen molar-refractivity contribution in [2.45, 2.75) is 13.0 Å². The van der Waals surface area contributed by atoms with Crippen molar-refractivity contribution in [3.63, 3.8) is 0 Å². The molecule has 0 aliphatic carbocycles. The van der Waals surface area contributed by atoms with Gasteiger partial charge in [0.25, 0.3) is 0 Å². The molecule has 1 N–H and O–H groups in total. The number of hydrogen-bond donors (Lipinski definition) is 1. The molecule has 0 saturated heterocycles. The summed E-state index contributed by atoms with van der Waals surface area (Å²) in [6.07, 6.45) is 3.79. The van der Waals surface area contributed by atoms with Gasteiger partial charge in [0, 0.05) is 17.4 Å². The molecule has 5 heteroatoms. The molecule has 0 amide bonds. The molecule has 0 fully saturated rings. The van der Waals surface area contributed by atoms with E-state index in [0.29, 0.717) is 3.95 Å². The van der Waals surface area contributed by atoms with Crippen LogP contribution < -0.4 is 0 Å². The van der Waals surface area contributed by atoms with Gasteiger partial charge in [0.2, 0.25) is 5.88 Å². The maximum absolute atomic E-state index is 10.8. The van der Waals surface area contributed by atoms with Gasteiger partial charge < -0.3 is 5.11 Å². The molecule has 3 aromatic rings. The van der Waals surface area contributed by atoms with E-state index in [1.807, 2.05) is 73.8 Å². The molecule has 4 rings (SSSR count). The van der Waals surface area contributed by atoms with Gasteiger partial charge in [-0.2, -0.15) is 0 Å². The highest BCUT2D eigenvalue weighted by Gasteiger charge is 2.18. The van der Waals surface area contributed by atoms with Crippen molar-refractivity contribution in [2.24, 2.45) is 4.99 Å². The van der Waals surface area contributed by atoms with Crippen LogP contribution in [0.25, 0.3) is 11.6 Å². The van der Waals surface area contributed by atoms with E-state index in [0.717, 1.165) is 27.3 Å². The van der Waals surface area contributed by atoms with Gasteiger partial charge in [-0.15, -0.1) is 11.3 Å². The average Bonchev–Trinajstić information content (AvgIpc) is 3.17. The topological polar surface area (TPSA) is 37.5 Å². The minimum absolute atomic E-state index is 0.0263. The Morgan fingerprint density at radius 3 is 2.64 bits per heavy atom. The molecule has 1 aliphatic rings. The number of nitrogens with zero attached hydrogens (tertiary/aromatic N) is 2. The van der Waals surface area contributed by atoms with E-state index in [9.17, 15) is 5.11 Å². The second kappa shape index (κ2) is 6.43. The van der Waals surface area contributed by atoms with Crippen LogP contribution in [0.4, 0.5) is 5.69 Å². The highest BCUT2D eigenvalue weighted by Crippen LogP contribution is 2.37. The van der Waals surface area contributed by atoms with Crippen LogP contribution >= 0.6 is 23.6 Å². The molecule has 0 bridgehead atoms. The molecule has 25 heavy (non-hydrogen) atoms. The summed E-state index contributed by atoms with van der Waals surface area (Å²) in [6, 6.07) is 18.0. The van der Waals surface area contributed by atoms with Gasteiger partial charge in [-0.05, 0) is 36.8 Å². The van der Waals surface area contributed by atoms with Gasteiger partial charge in [0.1, 0.15) is 0 Å². The fourth-order valence-electron chi connectivity index (χ4n) is 3.01. The third-order valence-electron chi connectivity index (χ3n) is 4.36. The first-order valence-corrected chi connectivity index (χ1v) is 9.22. The Hall–Kier alpha value is -2.50. The van der Waals surface area contributed by atoms with Crippen LogP contribution in [-0.2, 0) is 0 Å². The lowest BCUT2D eigenvalue weighted by molar-refractivity contribution is 0.404. The van der Waals surface area contributed by atoms with Crippen molar-refractivity contribution >= 4 is 47.1 Å². The summed E-state index contributed by atoms with van der Waals surface area (Å²) in [6.45, 7) is 2.04. The molecule has 0 spiro atoms. The predicted octanol–water partition coefficient (Wildman–Crippen LogP) is 5.85. The number of para-hydroxylation sites is 1. The minimum Gasteiger partial charge on any atom is -0.493 e. The monoisotopic (exact) mass is 364 g/mol. The molecule has 0 radical (unpaired) electrons. The lowest BCUT2D eigenvalue weighted by Gasteiger charge is -2.15. The molecule has 3 nitrogen and oxygen atoms in total. The molecule has 124 valence electrons. The van der Waals surface area contributed by atoms with Crippen LogP contribution in [0, 0.1) is 3.95 Å². The maximum Gasteiger partial charge on any atom is 0.211 e. The molecular weight excluding hydrogens is 348 g/mol. The largest absolute Gasteiger partial charge is 0.493 e. The van der Waals surface area contributed by atoms with Gasteiger partial charge in [0.05, 0.1) is 16.6 Å². The lowest BCUT2D eigenvalue weighted by Crippen LogP contribution is -2.05. The highest BCUT2D eigenvalue weighted by atomic mass is 32.1. The van der Waals surface area contributed by atoms with E-state index < -0.39 is 0 Å². The minimum atomic E-state index is -0.0263. The molecule has 1 atom stereocenters. The summed E-state index contributed by atoms with van der Waals surface area (Å²) in [4.78, 5) is 5.17. The quantitative estimate of drug-likeness (QED) is 0.592. The maximum atomic E-state index is 10.8. The third kappa shape index (κ3) is 2.86. The van der Waals surface area contributed by atoms with Crippen molar-refractivity contribution in [1.82, 2.24) is 4.57 Å². The second-order valence-corrected chi connectivity index (χ2v) is 7.56. The summed E-state index contributed by atoms with van der Waals surface area (Å²) >= 11 is 6.93. The number of benzene rings is 2. The predicted molar refractivity (Wildman–Crippen MR) is 108 cm³/mol. The van der Waals surface area contributed by atoms with Crippen LogP contribution in [-0.4, -0.2) is 15.9 Å². The highest BCUT2D eigenvalue weighted by molar-refractivity contribution is 7.73. The zero-order valence-electron chi connectivity index (χ0n) is 13.6. The van der Waals surface area contributed by atoms with E-state index in [1.54, 1.807) is 4.57 Å². The number of aliphatic imine (C=N–C) groups is 1. The molecule has 0 saturated carbocycles. The SMILES string of the molecule is C[C@H](c1ccccc1)n1c(O)c(/C=C2\C=Nc3ccccc32)sc1=S. The molecular formula is C20H16N2OS2. The van der Waals surface area contributed by atoms with Gasteiger partial charge in [0.15, 0.2) is 3.95 Å². The zero-order valence-corrected chi connectivity index (χ0v) is 15.2. The van der Waals surface area contributed by atoms with E-state index in [-0.39, 0.29) is 11.9 Å². The number of thiazole rings is 1. The van der Waals surface area contributed by atoms with Crippen molar-refractivity contribution < 1.29 is 5.11 Å². The molecule has 1 aromatic heterocycles. The van der Waals surface area contributed by atoms with Crippen LogP contribution in [0.1, 0.15) is 29.0 Å². The summed E-state index contributed by atoms with van der Waals surface area (Å²) < 4.78 is 2.46. The normalized spacial score (nSPS) is 15.5. The Bertz CT molecular complexity index is 1050. The summed E-state index contributed by atoms with van der Waals surface area (Å²) in [5.74, 6) is 0.205.